The van der Waals surface area contributed by atoms with Crippen LogP contribution in [0.25, 0.3) is 0 Å². The summed E-state index contributed by atoms with van der Waals surface area (Å²) >= 11 is 0. The van der Waals surface area contributed by atoms with Crippen molar-refractivity contribution in [3.8, 4) is 0 Å². The third kappa shape index (κ3) is 3.70. The summed E-state index contributed by atoms with van der Waals surface area (Å²) in [6, 6.07) is 0.146. The van der Waals surface area contributed by atoms with Gasteiger partial charge in [-0.25, -0.2) is 8.42 Å². The Labute approximate surface area is 117 Å². The maximum atomic E-state index is 11.6. The Kier molecular flexibility index (Phi) is 4.58. The van der Waals surface area contributed by atoms with Crippen molar-refractivity contribution in [2.45, 2.75) is 45.1 Å². The molecule has 0 aromatic rings. The fraction of sp³-hybridized carbons (Fsp3) is 1.00. The van der Waals surface area contributed by atoms with Gasteiger partial charge in [0.1, 0.15) is 0 Å². The van der Waals surface area contributed by atoms with Crippen LogP contribution in [0, 0.1) is 11.3 Å². The van der Waals surface area contributed by atoms with Crippen LogP contribution >= 0.6 is 0 Å². The molecule has 2 fully saturated rings. The molecule has 112 valence electrons. The lowest BCUT2D eigenvalue weighted by Gasteiger charge is -2.42. The molecule has 2 aliphatic rings. The molecule has 1 unspecified atom stereocenters. The third-order valence-corrected chi connectivity index (χ3v) is 6.84. The summed E-state index contributed by atoms with van der Waals surface area (Å²) in [5.41, 5.74) is -0.00634. The summed E-state index contributed by atoms with van der Waals surface area (Å²) in [5.74, 6) is 1.38. The van der Waals surface area contributed by atoms with E-state index in [0.717, 1.165) is 31.7 Å². The third-order valence-electron chi connectivity index (χ3n) is 5.09. The Morgan fingerprint density at radius 1 is 1.26 bits per heavy atom. The first kappa shape index (κ1) is 15.3. The van der Waals surface area contributed by atoms with Crippen molar-refractivity contribution in [1.82, 2.24) is 4.90 Å². The van der Waals surface area contributed by atoms with E-state index >= 15 is 0 Å². The highest BCUT2D eigenvalue weighted by Gasteiger charge is 2.38. The van der Waals surface area contributed by atoms with Gasteiger partial charge in [0.05, 0.1) is 11.5 Å². The first-order chi connectivity index (χ1) is 8.86. The average molecular weight is 289 g/mol. The first-order valence-corrected chi connectivity index (χ1v) is 9.19. The predicted octanol–water partition coefficient (Wildman–Crippen LogP) is 1.29. The minimum absolute atomic E-state index is 0.00634. The number of rotatable bonds is 4. The van der Waals surface area contributed by atoms with Gasteiger partial charge >= 0.3 is 0 Å². The van der Waals surface area contributed by atoms with Gasteiger partial charge in [-0.1, -0.05) is 19.8 Å². The van der Waals surface area contributed by atoms with E-state index in [2.05, 4.69) is 11.8 Å². The number of aliphatic hydroxyl groups excluding tert-OH is 1. The number of nitrogens with zero attached hydrogens (tertiary/aromatic N) is 1. The van der Waals surface area contributed by atoms with Gasteiger partial charge in [-0.3, -0.25) is 0 Å². The van der Waals surface area contributed by atoms with E-state index in [1.165, 1.54) is 12.8 Å². The molecule has 1 N–H and O–H groups in total. The van der Waals surface area contributed by atoms with Gasteiger partial charge in [0.15, 0.2) is 9.84 Å². The molecular weight excluding hydrogens is 262 g/mol. The van der Waals surface area contributed by atoms with Crippen LogP contribution in [-0.4, -0.2) is 56.2 Å². The van der Waals surface area contributed by atoms with Crippen LogP contribution in [0.15, 0.2) is 0 Å². The molecule has 4 nitrogen and oxygen atoms in total. The summed E-state index contributed by atoms with van der Waals surface area (Å²) < 4.78 is 23.1. The predicted molar refractivity (Wildman–Crippen MR) is 76.8 cm³/mol. The van der Waals surface area contributed by atoms with E-state index in [1.807, 2.05) is 7.05 Å². The normalized spacial score (nSPS) is 38.7. The smallest absolute Gasteiger partial charge is 0.151 e. The van der Waals surface area contributed by atoms with Crippen molar-refractivity contribution in [3.63, 3.8) is 0 Å². The van der Waals surface area contributed by atoms with E-state index in [-0.39, 0.29) is 18.1 Å². The second-order valence-corrected chi connectivity index (χ2v) is 9.04. The highest BCUT2D eigenvalue weighted by atomic mass is 32.2. The zero-order valence-electron chi connectivity index (χ0n) is 12.1. The second kappa shape index (κ2) is 5.70. The fourth-order valence-corrected chi connectivity index (χ4v) is 5.33. The lowest BCUT2D eigenvalue weighted by molar-refractivity contribution is 0.0278. The lowest BCUT2D eigenvalue weighted by atomic mass is 9.71. The van der Waals surface area contributed by atoms with Gasteiger partial charge in [-0.05, 0) is 32.2 Å². The zero-order chi connectivity index (χ0) is 14.1. The van der Waals surface area contributed by atoms with Crippen LogP contribution in [0.1, 0.15) is 39.0 Å². The molecule has 0 spiro atoms. The Hall–Kier alpha value is -0.130. The quantitative estimate of drug-likeness (QED) is 0.847. The molecule has 1 saturated carbocycles. The highest BCUT2D eigenvalue weighted by molar-refractivity contribution is 7.91. The zero-order valence-corrected chi connectivity index (χ0v) is 13.0. The molecule has 1 heterocycles. The molecule has 2 rings (SSSR count). The molecule has 1 aliphatic carbocycles. The highest BCUT2D eigenvalue weighted by Crippen LogP contribution is 2.39. The van der Waals surface area contributed by atoms with Crippen molar-refractivity contribution >= 4 is 9.84 Å². The minimum Gasteiger partial charge on any atom is -0.396 e. The lowest BCUT2D eigenvalue weighted by Crippen LogP contribution is -2.45. The number of aliphatic hydroxyl groups is 1. The molecule has 5 heteroatoms. The molecular formula is C14H27NO3S. The van der Waals surface area contributed by atoms with Gasteiger partial charge in [0.25, 0.3) is 0 Å². The van der Waals surface area contributed by atoms with Crippen LogP contribution in [0.5, 0.6) is 0 Å². The monoisotopic (exact) mass is 289 g/mol. The Morgan fingerprint density at radius 3 is 2.37 bits per heavy atom. The molecule has 19 heavy (non-hydrogen) atoms. The van der Waals surface area contributed by atoms with Crippen LogP contribution < -0.4 is 0 Å². The van der Waals surface area contributed by atoms with Gasteiger partial charge in [-0.2, -0.15) is 0 Å². The largest absolute Gasteiger partial charge is 0.396 e. The molecule has 0 amide bonds. The van der Waals surface area contributed by atoms with Gasteiger partial charge in [-0.15, -0.1) is 0 Å². The van der Waals surface area contributed by atoms with Crippen LogP contribution in [0.2, 0.25) is 0 Å². The SMILES string of the molecule is CC1CCC(CO)(CN(C)C2CCS(=O)(=O)C2)CC1. The van der Waals surface area contributed by atoms with Crippen molar-refractivity contribution in [2.24, 2.45) is 11.3 Å². The summed E-state index contributed by atoms with van der Waals surface area (Å²) in [7, 11) is -0.806. The molecule has 0 aromatic heterocycles. The van der Waals surface area contributed by atoms with E-state index in [1.54, 1.807) is 0 Å². The van der Waals surface area contributed by atoms with Gasteiger partial charge < -0.3 is 10.0 Å². The van der Waals surface area contributed by atoms with Crippen molar-refractivity contribution in [3.05, 3.63) is 0 Å². The first-order valence-electron chi connectivity index (χ1n) is 7.37. The molecule has 1 aliphatic heterocycles. The Bertz CT molecular complexity index is 399. The van der Waals surface area contributed by atoms with E-state index < -0.39 is 9.84 Å². The van der Waals surface area contributed by atoms with Crippen LogP contribution in [0.3, 0.4) is 0 Å². The van der Waals surface area contributed by atoms with Crippen molar-refractivity contribution in [1.29, 1.82) is 0 Å². The number of hydrogen-bond acceptors (Lipinski definition) is 4. The Balaban J connectivity index is 1.95. The van der Waals surface area contributed by atoms with E-state index in [9.17, 15) is 13.5 Å². The van der Waals surface area contributed by atoms with Gasteiger partial charge in [0.2, 0.25) is 0 Å². The minimum atomic E-state index is -2.82. The Morgan fingerprint density at radius 2 is 1.89 bits per heavy atom. The van der Waals surface area contributed by atoms with E-state index in [0.29, 0.717) is 11.5 Å². The van der Waals surface area contributed by atoms with E-state index in [4.69, 9.17) is 0 Å². The summed E-state index contributed by atoms with van der Waals surface area (Å²) in [4.78, 5) is 2.18. The molecule has 1 saturated heterocycles. The number of hydrogen-bond donors (Lipinski definition) is 1. The van der Waals surface area contributed by atoms with Crippen molar-refractivity contribution in [2.75, 3.05) is 31.7 Å². The second-order valence-electron chi connectivity index (χ2n) is 6.81. The topological polar surface area (TPSA) is 57.6 Å². The summed E-state index contributed by atoms with van der Waals surface area (Å²) in [6.45, 7) is 3.33. The maximum absolute atomic E-state index is 11.6. The molecule has 0 aromatic carbocycles. The van der Waals surface area contributed by atoms with Crippen LogP contribution in [0.4, 0.5) is 0 Å². The number of sulfone groups is 1. The molecule has 0 radical (unpaired) electrons. The molecule has 0 bridgehead atoms. The summed E-state index contributed by atoms with van der Waals surface area (Å²) in [5, 5.41) is 9.78. The standard InChI is InChI=1S/C14H27NO3S/c1-12-3-6-14(11-16,7-4-12)10-15(2)13-5-8-19(17,18)9-13/h12-13,16H,3-11H2,1-2H3. The van der Waals surface area contributed by atoms with Gasteiger partial charge in [0, 0.05) is 24.6 Å². The van der Waals surface area contributed by atoms with Crippen molar-refractivity contribution < 1.29 is 13.5 Å². The fourth-order valence-electron chi connectivity index (χ4n) is 3.52. The molecule has 1 atom stereocenters. The average Bonchev–Trinajstić information content (AvgIpc) is 2.73. The van der Waals surface area contributed by atoms with Crippen LogP contribution in [-0.2, 0) is 9.84 Å². The summed E-state index contributed by atoms with van der Waals surface area (Å²) in [6.07, 6.45) is 5.23. The maximum Gasteiger partial charge on any atom is 0.151 e.